The molecular weight excluding hydrogens is 325 g/mol. The SMILES string of the molecule is O=[N+]([O-])c1ccc(S(=O)(=O)Nc2cnccc2Cl)cc1F. The third-order valence-electron chi connectivity index (χ3n) is 2.44. The van der Waals surface area contributed by atoms with E-state index in [2.05, 4.69) is 9.71 Å². The summed E-state index contributed by atoms with van der Waals surface area (Å²) in [5.41, 5.74) is -0.800. The van der Waals surface area contributed by atoms with Gasteiger partial charge < -0.3 is 0 Å². The molecule has 21 heavy (non-hydrogen) atoms. The van der Waals surface area contributed by atoms with Crippen LogP contribution in [0.15, 0.2) is 41.6 Å². The molecule has 1 N–H and O–H groups in total. The second-order valence-electron chi connectivity index (χ2n) is 3.83. The van der Waals surface area contributed by atoms with Crippen LogP contribution in [0.1, 0.15) is 0 Å². The number of sulfonamides is 1. The van der Waals surface area contributed by atoms with Crippen LogP contribution in [-0.2, 0) is 10.0 Å². The van der Waals surface area contributed by atoms with E-state index in [-0.39, 0.29) is 10.7 Å². The third-order valence-corrected chi connectivity index (χ3v) is 4.13. The van der Waals surface area contributed by atoms with Crippen molar-refractivity contribution in [3.8, 4) is 0 Å². The van der Waals surface area contributed by atoms with Crippen LogP contribution in [0.5, 0.6) is 0 Å². The zero-order chi connectivity index (χ0) is 15.6. The van der Waals surface area contributed by atoms with E-state index in [1.165, 1.54) is 18.5 Å². The number of halogens is 2. The Balaban J connectivity index is 2.39. The van der Waals surface area contributed by atoms with E-state index < -0.39 is 31.3 Å². The van der Waals surface area contributed by atoms with Crippen molar-refractivity contribution in [2.75, 3.05) is 4.72 Å². The molecule has 0 spiro atoms. The van der Waals surface area contributed by atoms with E-state index in [0.29, 0.717) is 6.07 Å². The van der Waals surface area contributed by atoms with Gasteiger partial charge in [0.25, 0.3) is 10.0 Å². The molecule has 0 aliphatic rings. The summed E-state index contributed by atoms with van der Waals surface area (Å²) in [6.07, 6.45) is 2.55. The zero-order valence-electron chi connectivity index (χ0n) is 10.2. The topological polar surface area (TPSA) is 102 Å². The van der Waals surface area contributed by atoms with Crippen molar-refractivity contribution >= 4 is 33.0 Å². The quantitative estimate of drug-likeness (QED) is 0.685. The Morgan fingerprint density at radius 2 is 2.05 bits per heavy atom. The molecule has 0 aliphatic heterocycles. The predicted octanol–water partition coefficient (Wildman–Crippen LogP) is 2.58. The standard InChI is InChI=1S/C11H7ClFN3O4S/c12-8-3-4-14-6-10(8)15-21(19,20)7-1-2-11(16(17)18)9(13)5-7/h1-6,15H. The maximum Gasteiger partial charge on any atom is 0.304 e. The van der Waals surface area contributed by atoms with Crippen molar-refractivity contribution in [2.24, 2.45) is 0 Å². The summed E-state index contributed by atoms with van der Waals surface area (Å²) >= 11 is 5.79. The zero-order valence-corrected chi connectivity index (χ0v) is 11.7. The molecule has 0 bridgehead atoms. The first-order valence-corrected chi connectivity index (χ1v) is 7.23. The average Bonchev–Trinajstić information content (AvgIpc) is 2.40. The van der Waals surface area contributed by atoms with Gasteiger partial charge in [0, 0.05) is 18.3 Å². The highest BCUT2D eigenvalue weighted by molar-refractivity contribution is 7.92. The van der Waals surface area contributed by atoms with E-state index in [1.807, 2.05) is 0 Å². The van der Waals surface area contributed by atoms with Gasteiger partial charge in [0.2, 0.25) is 5.82 Å². The summed E-state index contributed by atoms with van der Waals surface area (Å²) in [4.78, 5) is 12.8. The normalized spacial score (nSPS) is 11.1. The van der Waals surface area contributed by atoms with Gasteiger partial charge in [-0.1, -0.05) is 11.6 Å². The molecule has 0 unspecified atom stereocenters. The molecule has 110 valence electrons. The van der Waals surface area contributed by atoms with Gasteiger partial charge >= 0.3 is 5.69 Å². The summed E-state index contributed by atoms with van der Waals surface area (Å²) in [5, 5.41) is 10.6. The van der Waals surface area contributed by atoms with Gasteiger partial charge in [0.05, 0.1) is 26.7 Å². The number of pyridine rings is 1. The molecule has 0 saturated heterocycles. The Morgan fingerprint density at radius 3 is 2.62 bits per heavy atom. The summed E-state index contributed by atoms with van der Waals surface area (Å²) in [7, 11) is -4.14. The van der Waals surface area contributed by atoms with Crippen molar-refractivity contribution in [2.45, 2.75) is 4.90 Å². The lowest BCUT2D eigenvalue weighted by atomic mass is 10.3. The first-order valence-electron chi connectivity index (χ1n) is 5.37. The van der Waals surface area contributed by atoms with Gasteiger partial charge in [-0.3, -0.25) is 19.8 Å². The van der Waals surface area contributed by atoms with Crippen molar-refractivity contribution < 1.29 is 17.7 Å². The molecule has 0 atom stereocenters. The number of nitro benzene ring substituents is 1. The molecule has 7 nitrogen and oxygen atoms in total. The number of aromatic nitrogens is 1. The van der Waals surface area contributed by atoms with E-state index in [1.54, 1.807) is 0 Å². The number of rotatable bonds is 4. The maximum atomic E-state index is 13.5. The fraction of sp³-hybridized carbons (Fsp3) is 0. The third kappa shape index (κ3) is 3.26. The first kappa shape index (κ1) is 15.1. The van der Waals surface area contributed by atoms with Crippen LogP contribution in [0.25, 0.3) is 0 Å². The molecule has 2 rings (SSSR count). The predicted molar refractivity (Wildman–Crippen MR) is 73.1 cm³/mol. The van der Waals surface area contributed by atoms with Gasteiger partial charge in [-0.05, 0) is 12.1 Å². The molecule has 1 aromatic carbocycles. The molecule has 1 aromatic heterocycles. The van der Waals surface area contributed by atoms with Gasteiger partial charge in [-0.25, -0.2) is 8.42 Å². The number of anilines is 1. The smallest absolute Gasteiger partial charge is 0.277 e. The van der Waals surface area contributed by atoms with Crippen LogP contribution in [0.3, 0.4) is 0 Å². The van der Waals surface area contributed by atoms with Gasteiger partial charge in [0.1, 0.15) is 0 Å². The Labute approximate surface area is 123 Å². The van der Waals surface area contributed by atoms with Crippen LogP contribution in [0, 0.1) is 15.9 Å². The largest absolute Gasteiger partial charge is 0.304 e. The molecule has 10 heteroatoms. The Hall–Kier alpha value is -2.26. The van der Waals surface area contributed by atoms with Gasteiger partial charge in [-0.2, -0.15) is 4.39 Å². The van der Waals surface area contributed by atoms with E-state index in [0.717, 1.165) is 12.1 Å². The number of nitrogens with one attached hydrogen (secondary N) is 1. The minimum atomic E-state index is -4.14. The minimum Gasteiger partial charge on any atom is -0.277 e. The van der Waals surface area contributed by atoms with Crippen LogP contribution < -0.4 is 4.72 Å². The Bertz CT molecular complexity index is 813. The number of nitro groups is 1. The van der Waals surface area contributed by atoms with E-state index in [4.69, 9.17) is 11.6 Å². The lowest BCUT2D eigenvalue weighted by Crippen LogP contribution is -2.14. The molecule has 0 amide bonds. The van der Waals surface area contributed by atoms with Crippen molar-refractivity contribution in [3.05, 3.63) is 57.6 Å². The highest BCUT2D eigenvalue weighted by atomic mass is 35.5. The highest BCUT2D eigenvalue weighted by Crippen LogP contribution is 2.25. The number of hydrogen-bond donors (Lipinski definition) is 1. The summed E-state index contributed by atoms with van der Waals surface area (Å²) < 4.78 is 39.7. The minimum absolute atomic E-state index is 0.0120. The fourth-order valence-electron chi connectivity index (χ4n) is 1.46. The van der Waals surface area contributed by atoms with Gasteiger partial charge in [-0.15, -0.1) is 0 Å². The van der Waals surface area contributed by atoms with Crippen molar-refractivity contribution in [3.63, 3.8) is 0 Å². The lowest BCUT2D eigenvalue weighted by molar-refractivity contribution is -0.387. The maximum absolute atomic E-state index is 13.5. The van der Waals surface area contributed by atoms with E-state index >= 15 is 0 Å². The molecule has 2 aromatic rings. The van der Waals surface area contributed by atoms with Crippen LogP contribution in [0.2, 0.25) is 5.02 Å². The molecule has 0 aliphatic carbocycles. The first-order chi connectivity index (χ1) is 9.81. The summed E-state index contributed by atoms with van der Waals surface area (Å²) in [6, 6.07) is 3.63. The van der Waals surface area contributed by atoms with Crippen molar-refractivity contribution in [1.29, 1.82) is 0 Å². The molecule has 0 fully saturated rings. The van der Waals surface area contributed by atoms with Crippen LogP contribution in [0.4, 0.5) is 15.8 Å². The molecule has 0 radical (unpaired) electrons. The average molecular weight is 332 g/mol. The summed E-state index contributed by atoms with van der Waals surface area (Å²) in [6.45, 7) is 0. The highest BCUT2D eigenvalue weighted by Gasteiger charge is 2.21. The number of hydrogen-bond acceptors (Lipinski definition) is 5. The second-order valence-corrected chi connectivity index (χ2v) is 5.92. The Morgan fingerprint density at radius 1 is 1.33 bits per heavy atom. The molecule has 1 heterocycles. The van der Waals surface area contributed by atoms with Gasteiger partial charge in [0.15, 0.2) is 0 Å². The second kappa shape index (κ2) is 5.62. The van der Waals surface area contributed by atoms with Crippen molar-refractivity contribution in [1.82, 2.24) is 4.98 Å². The van der Waals surface area contributed by atoms with E-state index in [9.17, 15) is 22.9 Å². The Kier molecular flexibility index (Phi) is 4.05. The lowest BCUT2D eigenvalue weighted by Gasteiger charge is -2.09. The number of benzene rings is 1. The monoisotopic (exact) mass is 331 g/mol. The summed E-state index contributed by atoms with van der Waals surface area (Å²) in [5.74, 6) is -1.25. The number of nitrogens with zero attached hydrogens (tertiary/aromatic N) is 2. The van der Waals surface area contributed by atoms with Crippen LogP contribution >= 0.6 is 11.6 Å². The fourth-order valence-corrected chi connectivity index (χ4v) is 2.74. The molecular formula is C11H7ClFN3O4S. The van der Waals surface area contributed by atoms with Crippen LogP contribution in [-0.4, -0.2) is 18.3 Å². The molecule has 0 saturated carbocycles.